The first-order chi connectivity index (χ1) is 13.3. The Balaban J connectivity index is 1.42. The molecule has 1 aromatic rings. The van der Waals surface area contributed by atoms with Crippen LogP contribution in [-0.4, -0.2) is 58.5 Å². The molecule has 28 heavy (non-hydrogen) atoms. The van der Waals surface area contributed by atoms with E-state index in [0.717, 1.165) is 28.9 Å². The maximum Gasteiger partial charge on any atom is 0.262 e. The summed E-state index contributed by atoms with van der Waals surface area (Å²) in [4.78, 5) is 63.6. The average molecular weight is 381 g/mol. The fraction of sp³-hybridized carbons (Fsp3) is 0.450. The van der Waals surface area contributed by atoms with Crippen LogP contribution >= 0.6 is 0 Å². The number of rotatable bonds is 1. The minimum atomic E-state index is -0.943. The molecular formula is C20H19N3O5. The van der Waals surface area contributed by atoms with Crippen molar-refractivity contribution >= 4 is 29.5 Å². The molecule has 1 N–H and O–H groups in total. The number of likely N-dealkylation sites (tertiary alicyclic amines) is 1. The zero-order valence-corrected chi connectivity index (χ0v) is 15.4. The van der Waals surface area contributed by atoms with Gasteiger partial charge >= 0.3 is 0 Å². The van der Waals surface area contributed by atoms with Crippen molar-refractivity contribution in [2.24, 2.45) is 5.41 Å². The summed E-state index contributed by atoms with van der Waals surface area (Å²) >= 11 is 0. The Morgan fingerprint density at radius 3 is 2.11 bits per heavy atom. The molecule has 0 aromatic heterocycles. The summed E-state index contributed by atoms with van der Waals surface area (Å²) in [5, 5.41) is 2.20. The molecule has 8 heteroatoms. The third-order valence-corrected chi connectivity index (χ3v) is 6.39. The molecule has 4 aliphatic rings. The number of imide groups is 2. The predicted octanol–water partition coefficient (Wildman–Crippen LogP) is 0.0349. The van der Waals surface area contributed by atoms with Crippen molar-refractivity contribution in [3.05, 3.63) is 34.4 Å². The lowest BCUT2D eigenvalue weighted by Gasteiger charge is -2.48. The minimum absolute atomic E-state index is 0.0124. The van der Waals surface area contributed by atoms with Gasteiger partial charge in [0.1, 0.15) is 6.04 Å². The maximum atomic E-state index is 12.9. The molecule has 1 spiro atoms. The van der Waals surface area contributed by atoms with Crippen LogP contribution in [0.3, 0.4) is 0 Å². The highest BCUT2D eigenvalue weighted by Crippen LogP contribution is 2.45. The Morgan fingerprint density at radius 2 is 1.61 bits per heavy atom. The molecule has 3 heterocycles. The van der Waals surface area contributed by atoms with Gasteiger partial charge in [-0.15, -0.1) is 0 Å². The van der Waals surface area contributed by atoms with Crippen LogP contribution in [0.15, 0.2) is 12.1 Å². The Labute approximate surface area is 160 Å². The van der Waals surface area contributed by atoms with E-state index in [1.54, 1.807) is 24.0 Å². The van der Waals surface area contributed by atoms with E-state index in [1.165, 1.54) is 0 Å². The third-order valence-electron chi connectivity index (χ3n) is 6.39. The van der Waals surface area contributed by atoms with Gasteiger partial charge in [-0.25, -0.2) is 0 Å². The van der Waals surface area contributed by atoms with Crippen molar-refractivity contribution < 1.29 is 24.0 Å². The second kappa shape index (κ2) is 5.50. The average Bonchev–Trinajstić information content (AvgIpc) is 3.09. The summed E-state index contributed by atoms with van der Waals surface area (Å²) in [6.45, 7) is 2.96. The van der Waals surface area contributed by atoms with E-state index in [0.29, 0.717) is 24.2 Å². The molecule has 1 aliphatic carbocycles. The molecule has 0 radical (unpaired) electrons. The molecule has 1 aromatic carbocycles. The van der Waals surface area contributed by atoms with Gasteiger partial charge in [0.05, 0.1) is 11.1 Å². The first-order valence-electron chi connectivity index (χ1n) is 9.41. The molecule has 5 rings (SSSR count). The molecule has 5 amide bonds. The van der Waals surface area contributed by atoms with Gasteiger partial charge < -0.3 is 4.90 Å². The summed E-state index contributed by atoms with van der Waals surface area (Å²) in [5.74, 6) is -1.87. The van der Waals surface area contributed by atoms with Crippen molar-refractivity contribution in [2.45, 2.75) is 38.6 Å². The zero-order chi connectivity index (χ0) is 19.8. The second-order valence-electron chi connectivity index (χ2n) is 8.34. The molecule has 1 unspecified atom stereocenters. The molecule has 0 bridgehead atoms. The number of hydrogen-bond donors (Lipinski definition) is 1. The van der Waals surface area contributed by atoms with E-state index in [-0.39, 0.29) is 30.1 Å². The van der Waals surface area contributed by atoms with Crippen molar-refractivity contribution in [1.82, 2.24) is 15.1 Å². The molecular weight excluding hydrogens is 362 g/mol. The number of amides is 5. The Morgan fingerprint density at radius 1 is 1.04 bits per heavy atom. The number of carbonyl (C=O) groups is 5. The van der Waals surface area contributed by atoms with Crippen molar-refractivity contribution in [2.75, 3.05) is 13.1 Å². The van der Waals surface area contributed by atoms with Crippen LogP contribution in [0.1, 0.15) is 51.6 Å². The molecule has 8 nitrogen and oxygen atoms in total. The molecule has 2 saturated heterocycles. The lowest BCUT2D eigenvalue weighted by molar-refractivity contribution is -0.140. The fourth-order valence-corrected chi connectivity index (χ4v) is 5.02. The SMILES string of the molecule is CC(=O)N1CC2(Cc3cc4c(cc3C2)C(=O)N(C2CCC(=O)NC2=O)C4=O)C1. The Kier molecular flexibility index (Phi) is 3.36. The molecule has 0 saturated carbocycles. The largest absolute Gasteiger partial charge is 0.342 e. The van der Waals surface area contributed by atoms with Crippen LogP contribution in [0.25, 0.3) is 0 Å². The van der Waals surface area contributed by atoms with Crippen LogP contribution in [-0.2, 0) is 27.2 Å². The highest BCUT2D eigenvalue weighted by Gasteiger charge is 2.50. The summed E-state index contributed by atoms with van der Waals surface area (Å²) in [6.07, 6.45) is 1.81. The number of carbonyl (C=O) groups excluding carboxylic acids is 5. The van der Waals surface area contributed by atoms with Gasteiger partial charge in [-0.2, -0.15) is 0 Å². The third kappa shape index (κ3) is 2.26. The van der Waals surface area contributed by atoms with E-state index in [4.69, 9.17) is 0 Å². The number of fused-ring (bicyclic) bond motifs is 2. The predicted molar refractivity (Wildman–Crippen MR) is 95.2 cm³/mol. The highest BCUT2D eigenvalue weighted by molar-refractivity contribution is 6.23. The molecule has 144 valence electrons. The Bertz CT molecular complexity index is 945. The topological polar surface area (TPSA) is 104 Å². The fourth-order valence-electron chi connectivity index (χ4n) is 5.02. The van der Waals surface area contributed by atoms with Crippen LogP contribution in [0.4, 0.5) is 0 Å². The number of nitrogens with zero attached hydrogens (tertiary/aromatic N) is 2. The van der Waals surface area contributed by atoms with Crippen LogP contribution in [0, 0.1) is 5.41 Å². The van der Waals surface area contributed by atoms with Gasteiger partial charge in [0.2, 0.25) is 17.7 Å². The summed E-state index contributed by atoms with van der Waals surface area (Å²) < 4.78 is 0. The number of nitrogens with one attached hydrogen (secondary N) is 1. The van der Waals surface area contributed by atoms with E-state index >= 15 is 0 Å². The molecule has 1 atom stereocenters. The van der Waals surface area contributed by atoms with E-state index in [2.05, 4.69) is 5.32 Å². The quantitative estimate of drug-likeness (QED) is 0.692. The van der Waals surface area contributed by atoms with Crippen LogP contribution in [0.2, 0.25) is 0 Å². The lowest BCUT2D eigenvalue weighted by atomic mass is 9.77. The number of piperidine rings is 1. The number of benzene rings is 1. The normalized spacial score (nSPS) is 25.0. The minimum Gasteiger partial charge on any atom is -0.342 e. The van der Waals surface area contributed by atoms with Crippen molar-refractivity contribution in [3.8, 4) is 0 Å². The summed E-state index contributed by atoms with van der Waals surface area (Å²) in [7, 11) is 0. The smallest absolute Gasteiger partial charge is 0.262 e. The maximum absolute atomic E-state index is 12.9. The van der Waals surface area contributed by atoms with Gasteiger partial charge in [-0.05, 0) is 42.5 Å². The lowest BCUT2D eigenvalue weighted by Crippen LogP contribution is -2.58. The zero-order valence-electron chi connectivity index (χ0n) is 15.4. The van der Waals surface area contributed by atoms with Crippen LogP contribution in [0.5, 0.6) is 0 Å². The van der Waals surface area contributed by atoms with E-state index in [1.807, 2.05) is 0 Å². The van der Waals surface area contributed by atoms with E-state index < -0.39 is 23.8 Å². The summed E-state index contributed by atoms with van der Waals surface area (Å²) in [5.41, 5.74) is 2.74. The number of hydrogen-bond acceptors (Lipinski definition) is 5. The first kappa shape index (κ1) is 17.1. The van der Waals surface area contributed by atoms with Gasteiger partial charge in [-0.1, -0.05) is 0 Å². The second-order valence-corrected chi connectivity index (χ2v) is 8.34. The molecule has 3 aliphatic heterocycles. The van der Waals surface area contributed by atoms with Gasteiger partial charge in [0, 0.05) is 31.8 Å². The summed E-state index contributed by atoms with van der Waals surface area (Å²) in [6, 6.07) is 2.62. The first-order valence-corrected chi connectivity index (χ1v) is 9.41. The standard InChI is InChI=1S/C20H19N3O5/c1-10(24)22-8-20(9-22)6-11-4-13-14(5-12(11)7-20)19(28)23(18(13)27)15-2-3-16(25)21-17(15)26/h4-5,15H,2-3,6-9H2,1H3,(H,21,25,26). The van der Waals surface area contributed by atoms with E-state index in [9.17, 15) is 24.0 Å². The monoisotopic (exact) mass is 381 g/mol. The van der Waals surface area contributed by atoms with Crippen molar-refractivity contribution in [1.29, 1.82) is 0 Å². The highest BCUT2D eigenvalue weighted by atomic mass is 16.2. The van der Waals surface area contributed by atoms with Crippen LogP contribution < -0.4 is 5.32 Å². The van der Waals surface area contributed by atoms with Gasteiger partial charge in [0.25, 0.3) is 11.8 Å². The molecule has 2 fully saturated rings. The Hall–Kier alpha value is -3.03. The van der Waals surface area contributed by atoms with Gasteiger partial charge in [0.15, 0.2) is 0 Å². The van der Waals surface area contributed by atoms with Crippen molar-refractivity contribution in [3.63, 3.8) is 0 Å². The van der Waals surface area contributed by atoms with Gasteiger partial charge in [-0.3, -0.25) is 34.2 Å².